The van der Waals surface area contributed by atoms with Crippen molar-refractivity contribution in [1.82, 2.24) is 0 Å². The summed E-state index contributed by atoms with van der Waals surface area (Å²) in [5, 5.41) is 12.3. The highest BCUT2D eigenvalue weighted by Gasteiger charge is 2.04. The molecule has 0 heterocycles. The van der Waals surface area contributed by atoms with Crippen molar-refractivity contribution in [2.24, 2.45) is 0 Å². The summed E-state index contributed by atoms with van der Waals surface area (Å²) >= 11 is 0. The second-order valence-corrected chi connectivity index (χ2v) is 3.36. The number of hydrogen-bond acceptors (Lipinski definition) is 2. The Morgan fingerprint density at radius 1 is 1.50 bits per heavy atom. The van der Waals surface area contributed by atoms with Gasteiger partial charge in [-0.3, -0.25) is 0 Å². The maximum absolute atomic E-state index is 13.1. The summed E-state index contributed by atoms with van der Waals surface area (Å²) in [6, 6.07) is 4.89. The van der Waals surface area contributed by atoms with E-state index in [9.17, 15) is 9.50 Å². The molecule has 0 spiro atoms. The van der Waals surface area contributed by atoms with Crippen LogP contribution in [0.1, 0.15) is 18.9 Å². The van der Waals surface area contributed by atoms with Crippen LogP contribution in [0.25, 0.3) is 0 Å². The smallest absolute Gasteiger partial charge is 0.128 e. The zero-order chi connectivity index (χ0) is 10.6. The van der Waals surface area contributed by atoms with E-state index in [1.807, 2.05) is 6.92 Å². The number of halogens is 1. The van der Waals surface area contributed by atoms with Gasteiger partial charge in [-0.1, -0.05) is 13.0 Å². The molecular formula is C11H16FNO. The second-order valence-electron chi connectivity index (χ2n) is 3.36. The summed E-state index contributed by atoms with van der Waals surface area (Å²) in [7, 11) is 0. The van der Waals surface area contributed by atoms with Gasteiger partial charge in [0.25, 0.3) is 0 Å². The average Bonchev–Trinajstić information content (AvgIpc) is 2.20. The molecule has 1 unspecified atom stereocenters. The monoisotopic (exact) mass is 197 g/mol. The number of anilines is 1. The topological polar surface area (TPSA) is 32.3 Å². The first-order valence-electron chi connectivity index (χ1n) is 4.82. The predicted octanol–water partition coefficient (Wildman–Crippen LogP) is 2.32. The van der Waals surface area contributed by atoms with E-state index in [2.05, 4.69) is 5.32 Å². The van der Waals surface area contributed by atoms with Gasteiger partial charge in [0.15, 0.2) is 0 Å². The van der Waals surface area contributed by atoms with Crippen LogP contribution in [0.4, 0.5) is 10.1 Å². The zero-order valence-corrected chi connectivity index (χ0v) is 8.55. The maximum atomic E-state index is 13.1. The lowest BCUT2D eigenvalue weighted by Gasteiger charge is -2.12. The Morgan fingerprint density at radius 3 is 2.86 bits per heavy atom. The first kappa shape index (κ1) is 11.0. The lowest BCUT2D eigenvalue weighted by Crippen LogP contribution is -2.18. The van der Waals surface area contributed by atoms with E-state index in [4.69, 9.17) is 0 Å². The van der Waals surface area contributed by atoms with Gasteiger partial charge in [-0.15, -0.1) is 0 Å². The molecule has 1 aromatic carbocycles. The number of rotatable bonds is 4. The minimum absolute atomic E-state index is 0.221. The highest BCUT2D eigenvalue weighted by Crippen LogP contribution is 2.17. The summed E-state index contributed by atoms with van der Waals surface area (Å²) in [6.07, 6.45) is 0.319. The number of aliphatic hydroxyl groups excluding tert-OH is 1. The van der Waals surface area contributed by atoms with Crippen LogP contribution in [-0.2, 0) is 0 Å². The van der Waals surface area contributed by atoms with Crippen LogP contribution in [0.15, 0.2) is 18.2 Å². The largest absolute Gasteiger partial charge is 0.391 e. The highest BCUT2D eigenvalue weighted by molar-refractivity contribution is 5.50. The van der Waals surface area contributed by atoms with Crippen molar-refractivity contribution in [1.29, 1.82) is 0 Å². The highest BCUT2D eigenvalue weighted by atomic mass is 19.1. The third-order valence-corrected chi connectivity index (χ3v) is 2.27. The summed E-state index contributed by atoms with van der Waals surface area (Å²) in [6.45, 7) is 4.08. The Morgan fingerprint density at radius 2 is 2.21 bits per heavy atom. The van der Waals surface area contributed by atoms with Gasteiger partial charge >= 0.3 is 0 Å². The van der Waals surface area contributed by atoms with Crippen LogP contribution in [0.2, 0.25) is 0 Å². The third-order valence-electron chi connectivity index (χ3n) is 2.27. The molecule has 1 rings (SSSR count). The maximum Gasteiger partial charge on any atom is 0.128 e. The predicted molar refractivity (Wildman–Crippen MR) is 55.9 cm³/mol. The van der Waals surface area contributed by atoms with E-state index in [0.717, 1.165) is 5.69 Å². The molecule has 0 saturated heterocycles. The molecule has 1 aromatic rings. The van der Waals surface area contributed by atoms with Crippen LogP contribution >= 0.6 is 0 Å². The average molecular weight is 197 g/mol. The van der Waals surface area contributed by atoms with E-state index in [-0.39, 0.29) is 11.9 Å². The van der Waals surface area contributed by atoms with Gasteiger partial charge in [0, 0.05) is 17.8 Å². The third kappa shape index (κ3) is 2.70. The fraction of sp³-hybridized carbons (Fsp3) is 0.455. The number of benzene rings is 1. The molecule has 1 atom stereocenters. The molecule has 2 N–H and O–H groups in total. The minimum atomic E-state index is -0.377. The minimum Gasteiger partial charge on any atom is -0.391 e. The number of nitrogens with one attached hydrogen (secondary N) is 1. The van der Waals surface area contributed by atoms with E-state index in [1.165, 1.54) is 6.07 Å². The molecule has 78 valence electrons. The summed E-state index contributed by atoms with van der Waals surface area (Å²) in [5.74, 6) is -0.221. The Labute approximate surface area is 83.8 Å². The Kier molecular flexibility index (Phi) is 3.89. The Hall–Kier alpha value is -1.09. The van der Waals surface area contributed by atoms with Crippen molar-refractivity contribution in [3.63, 3.8) is 0 Å². The number of aliphatic hydroxyl groups is 1. The second kappa shape index (κ2) is 4.96. The van der Waals surface area contributed by atoms with Crippen molar-refractivity contribution < 1.29 is 9.50 Å². The van der Waals surface area contributed by atoms with Crippen LogP contribution in [0.3, 0.4) is 0 Å². The molecule has 14 heavy (non-hydrogen) atoms. The summed E-state index contributed by atoms with van der Waals surface area (Å²) in [4.78, 5) is 0. The Balaban J connectivity index is 2.63. The molecule has 0 fully saturated rings. The summed E-state index contributed by atoms with van der Waals surface area (Å²) in [5.41, 5.74) is 1.34. The van der Waals surface area contributed by atoms with Crippen LogP contribution in [0.5, 0.6) is 0 Å². The molecule has 0 amide bonds. The standard InChI is InChI=1S/C11H16FNO/c1-3-9(14)7-13-11-6-4-5-10(12)8(11)2/h4-6,9,13-14H,3,7H2,1-2H3. The zero-order valence-electron chi connectivity index (χ0n) is 8.55. The molecule has 2 nitrogen and oxygen atoms in total. The molecule has 0 saturated carbocycles. The fourth-order valence-electron chi connectivity index (χ4n) is 1.17. The van der Waals surface area contributed by atoms with Gasteiger partial charge in [-0.25, -0.2) is 4.39 Å². The van der Waals surface area contributed by atoms with Crippen molar-refractivity contribution in [3.8, 4) is 0 Å². The van der Waals surface area contributed by atoms with Crippen LogP contribution in [-0.4, -0.2) is 17.8 Å². The molecule has 0 aliphatic heterocycles. The molecular weight excluding hydrogens is 181 g/mol. The number of hydrogen-bond donors (Lipinski definition) is 2. The lowest BCUT2D eigenvalue weighted by atomic mass is 10.2. The quantitative estimate of drug-likeness (QED) is 0.776. The van der Waals surface area contributed by atoms with Gasteiger partial charge in [0.2, 0.25) is 0 Å². The van der Waals surface area contributed by atoms with Crippen molar-refractivity contribution in [3.05, 3.63) is 29.6 Å². The van der Waals surface area contributed by atoms with Gasteiger partial charge in [-0.2, -0.15) is 0 Å². The summed E-state index contributed by atoms with van der Waals surface area (Å²) < 4.78 is 13.1. The van der Waals surface area contributed by atoms with Gasteiger partial charge in [0.05, 0.1) is 6.10 Å². The van der Waals surface area contributed by atoms with Crippen LogP contribution < -0.4 is 5.32 Å². The molecule has 0 aliphatic carbocycles. The normalized spacial score (nSPS) is 12.6. The van der Waals surface area contributed by atoms with Crippen LogP contribution in [0, 0.1) is 12.7 Å². The van der Waals surface area contributed by atoms with Gasteiger partial charge in [0.1, 0.15) is 5.82 Å². The molecule has 0 bridgehead atoms. The first-order chi connectivity index (χ1) is 6.65. The van der Waals surface area contributed by atoms with E-state index in [0.29, 0.717) is 18.5 Å². The van der Waals surface area contributed by atoms with E-state index in [1.54, 1.807) is 19.1 Å². The lowest BCUT2D eigenvalue weighted by molar-refractivity contribution is 0.183. The molecule has 0 radical (unpaired) electrons. The van der Waals surface area contributed by atoms with E-state index < -0.39 is 0 Å². The van der Waals surface area contributed by atoms with Crippen molar-refractivity contribution in [2.45, 2.75) is 26.4 Å². The molecule has 3 heteroatoms. The Bertz CT molecular complexity index is 301. The molecule has 0 aliphatic rings. The van der Waals surface area contributed by atoms with Crippen molar-refractivity contribution >= 4 is 5.69 Å². The van der Waals surface area contributed by atoms with Gasteiger partial charge < -0.3 is 10.4 Å². The first-order valence-corrected chi connectivity index (χ1v) is 4.82. The van der Waals surface area contributed by atoms with Crippen molar-refractivity contribution in [2.75, 3.05) is 11.9 Å². The molecule has 0 aromatic heterocycles. The fourth-order valence-corrected chi connectivity index (χ4v) is 1.17. The SMILES string of the molecule is CCC(O)CNc1cccc(F)c1C. The van der Waals surface area contributed by atoms with Gasteiger partial charge in [-0.05, 0) is 25.5 Å². The van der Waals surface area contributed by atoms with E-state index >= 15 is 0 Å².